The number of ether oxygens (including phenoxy) is 2. The van der Waals surface area contributed by atoms with Crippen molar-refractivity contribution < 1.29 is 19.1 Å². The Morgan fingerprint density at radius 3 is 2.00 bits per heavy atom. The molecule has 0 rings (SSSR count). The summed E-state index contributed by atoms with van der Waals surface area (Å²) >= 11 is 0. The molecule has 0 radical (unpaired) electrons. The maximum absolute atomic E-state index is 11.4. The first-order valence-electron chi connectivity index (χ1n) is 8.66. The van der Waals surface area contributed by atoms with Crippen LogP contribution in [0.25, 0.3) is 0 Å². The SMILES string of the molecule is CC/C=C\CCCCCCCC(=O)OCCOC(=O)CCC. The second kappa shape index (κ2) is 16.1. The van der Waals surface area contributed by atoms with E-state index in [1.165, 1.54) is 19.3 Å². The number of rotatable bonds is 14. The van der Waals surface area contributed by atoms with Crippen LogP contribution in [0.1, 0.15) is 78.1 Å². The van der Waals surface area contributed by atoms with Crippen LogP contribution in [0.3, 0.4) is 0 Å². The highest BCUT2D eigenvalue weighted by molar-refractivity contribution is 5.70. The van der Waals surface area contributed by atoms with Gasteiger partial charge in [0.1, 0.15) is 13.2 Å². The maximum atomic E-state index is 11.4. The molecule has 0 fully saturated rings. The number of esters is 2. The summed E-state index contributed by atoms with van der Waals surface area (Å²) < 4.78 is 9.93. The maximum Gasteiger partial charge on any atom is 0.305 e. The van der Waals surface area contributed by atoms with Crippen LogP contribution in [0.2, 0.25) is 0 Å². The van der Waals surface area contributed by atoms with E-state index in [2.05, 4.69) is 19.1 Å². The summed E-state index contributed by atoms with van der Waals surface area (Å²) in [6.07, 6.45) is 13.9. The summed E-state index contributed by atoms with van der Waals surface area (Å²) in [7, 11) is 0. The van der Waals surface area contributed by atoms with Crippen LogP contribution >= 0.6 is 0 Å². The molecular formula is C18H32O4. The van der Waals surface area contributed by atoms with Crippen molar-refractivity contribution in [3.63, 3.8) is 0 Å². The molecule has 0 aromatic carbocycles. The van der Waals surface area contributed by atoms with Crippen molar-refractivity contribution in [2.24, 2.45) is 0 Å². The third kappa shape index (κ3) is 15.1. The number of allylic oxidation sites excluding steroid dienone is 2. The first-order valence-corrected chi connectivity index (χ1v) is 8.66. The van der Waals surface area contributed by atoms with E-state index in [1.54, 1.807) is 0 Å². The molecule has 0 saturated carbocycles. The summed E-state index contributed by atoms with van der Waals surface area (Å²) in [6.45, 7) is 4.39. The standard InChI is InChI=1S/C18H32O4/c1-3-5-6-7-8-9-10-11-12-14-18(20)22-16-15-21-17(19)13-4-2/h5-6H,3-4,7-16H2,1-2H3/b6-5-. The van der Waals surface area contributed by atoms with Crippen molar-refractivity contribution in [2.45, 2.75) is 78.1 Å². The Morgan fingerprint density at radius 1 is 0.773 bits per heavy atom. The summed E-state index contributed by atoms with van der Waals surface area (Å²) in [6, 6.07) is 0. The van der Waals surface area contributed by atoms with Gasteiger partial charge >= 0.3 is 11.9 Å². The Morgan fingerprint density at radius 2 is 1.36 bits per heavy atom. The van der Waals surface area contributed by atoms with Crippen LogP contribution in [0.15, 0.2) is 12.2 Å². The van der Waals surface area contributed by atoms with Gasteiger partial charge in [-0.15, -0.1) is 0 Å². The molecule has 0 aromatic rings. The van der Waals surface area contributed by atoms with Crippen molar-refractivity contribution in [3.05, 3.63) is 12.2 Å². The van der Waals surface area contributed by atoms with Crippen LogP contribution < -0.4 is 0 Å². The second-order valence-corrected chi connectivity index (χ2v) is 5.38. The summed E-state index contributed by atoms with van der Waals surface area (Å²) in [4.78, 5) is 22.5. The Balaban J connectivity index is 3.29. The van der Waals surface area contributed by atoms with Crippen LogP contribution in [0.5, 0.6) is 0 Å². The molecule has 0 aliphatic heterocycles. The lowest BCUT2D eigenvalue weighted by Crippen LogP contribution is -2.13. The Labute approximate surface area is 135 Å². The van der Waals surface area contributed by atoms with Gasteiger partial charge in [0.05, 0.1) is 0 Å². The number of hydrogen-bond acceptors (Lipinski definition) is 4. The van der Waals surface area contributed by atoms with Gasteiger partial charge in [-0.05, 0) is 32.1 Å². The fourth-order valence-corrected chi connectivity index (χ4v) is 2.01. The first-order chi connectivity index (χ1) is 10.7. The van der Waals surface area contributed by atoms with Crippen LogP contribution in [-0.2, 0) is 19.1 Å². The fourth-order valence-electron chi connectivity index (χ4n) is 2.01. The monoisotopic (exact) mass is 312 g/mol. The molecule has 4 nitrogen and oxygen atoms in total. The Bertz CT molecular complexity index is 310. The van der Waals surface area contributed by atoms with E-state index < -0.39 is 0 Å². The van der Waals surface area contributed by atoms with Crippen molar-refractivity contribution in [1.29, 1.82) is 0 Å². The molecule has 0 heterocycles. The highest BCUT2D eigenvalue weighted by atomic mass is 16.6. The highest BCUT2D eigenvalue weighted by Gasteiger charge is 2.04. The smallest absolute Gasteiger partial charge is 0.305 e. The van der Waals surface area contributed by atoms with E-state index in [0.29, 0.717) is 12.8 Å². The van der Waals surface area contributed by atoms with E-state index in [9.17, 15) is 9.59 Å². The van der Waals surface area contributed by atoms with Gasteiger partial charge in [0.15, 0.2) is 0 Å². The summed E-state index contributed by atoms with van der Waals surface area (Å²) in [5.74, 6) is -0.426. The van der Waals surface area contributed by atoms with Crippen LogP contribution in [0.4, 0.5) is 0 Å². The lowest BCUT2D eigenvalue weighted by molar-refractivity contribution is -0.152. The minimum atomic E-state index is -0.229. The molecule has 0 bridgehead atoms. The number of carbonyl (C=O) groups excluding carboxylic acids is 2. The molecule has 0 atom stereocenters. The van der Waals surface area contributed by atoms with Gasteiger partial charge in [-0.1, -0.05) is 45.3 Å². The number of unbranched alkanes of at least 4 members (excludes halogenated alkanes) is 5. The van der Waals surface area contributed by atoms with Crippen molar-refractivity contribution in [3.8, 4) is 0 Å². The Kier molecular flexibility index (Phi) is 15.1. The van der Waals surface area contributed by atoms with Gasteiger partial charge in [-0.3, -0.25) is 9.59 Å². The van der Waals surface area contributed by atoms with E-state index in [0.717, 1.165) is 32.1 Å². The fraction of sp³-hybridized carbons (Fsp3) is 0.778. The topological polar surface area (TPSA) is 52.6 Å². The lowest BCUT2D eigenvalue weighted by Gasteiger charge is -2.06. The second-order valence-electron chi connectivity index (χ2n) is 5.38. The minimum Gasteiger partial charge on any atom is -0.462 e. The third-order valence-corrected chi connectivity index (χ3v) is 3.22. The molecule has 0 aliphatic carbocycles. The molecule has 0 saturated heterocycles. The molecule has 0 aliphatic rings. The zero-order chi connectivity index (χ0) is 16.5. The first kappa shape index (κ1) is 20.7. The van der Waals surface area contributed by atoms with Crippen LogP contribution in [0, 0.1) is 0 Å². The quantitative estimate of drug-likeness (QED) is 0.268. The van der Waals surface area contributed by atoms with E-state index >= 15 is 0 Å². The molecule has 0 N–H and O–H groups in total. The average Bonchev–Trinajstić information content (AvgIpc) is 2.50. The minimum absolute atomic E-state index is 0.163. The molecule has 0 unspecified atom stereocenters. The Hall–Kier alpha value is -1.32. The molecular weight excluding hydrogens is 280 g/mol. The molecule has 0 aromatic heterocycles. The van der Waals surface area contributed by atoms with Gasteiger partial charge in [0, 0.05) is 12.8 Å². The number of carbonyl (C=O) groups is 2. The van der Waals surface area contributed by atoms with Gasteiger partial charge in [0.2, 0.25) is 0 Å². The van der Waals surface area contributed by atoms with Crippen molar-refractivity contribution in [1.82, 2.24) is 0 Å². The normalized spacial score (nSPS) is 10.8. The van der Waals surface area contributed by atoms with E-state index in [-0.39, 0.29) is 25.2 Å². The third-order valence-electron chi connectivity index (χ3n) is 3.22. The van der Waals surface area contributed by atoms with Gasteiger partial charge in [-0.2, -0.15) is 0 Å². The molecule has 4 heteroatoms. The zero-order valence-electron chi connectivity index (χ0n) is 14.3. The zero-order valence-corrected chi connectivity index (χ0v) is 14.3. The molecule has 22 heavy (non-hydrogen) atoms. The lowest BCUT2D eigenvalue weighted by atomic mass is 10.1. The van der Waals surface area contributed by atoms with E-state index in [4.69, 9.17) is 9.47 Å². The molecule has 128 valence electrons. The largest absolute Gasteiger partial charge is 0.462 e. The van der Waals surface area contributed by atoms with Crippen molar-refractivity contribution >= 4 is 11.9 Å². The number of hydrogen-bond donors (Lipinski definition) is 0. The van der Waals surface area contributed by atoms with Crippen molar-refractivity contribution in [2.75, 3.05) is 13.2 Å². The van der Waals surface area contributed by atoms with Crippen LogP contribution in [-0.4, -0.2) is 25.2 Å². The molecule has 0 spiro atoms. The predicted octanol–water partition coefficient (Wildman–Crippen LogP) is 4.57. The van der Waals surface area contributed by atoms with Gasteiger partial charge in [0.25, 0.3) is 0 Å². The summed E-state index contributed by atoms with van der Waals surface area (Å²) in [5.41, 5.74) is 0. The van der Waals surface area contributed by atoms with E-state index in [1.807, 2.05) is 6.92 Å². The molecule has 0 amide bonds. The van der Waals surface area contributed by atoms with Gasteiger partial charge < -0.3 is 9.47 Å². The average molecular weight is 312 g/mol. The van der Waals surface area contributed by atoms with Gasteiger partial charge in [-0.25, -0.2) is 0 Å². The summed E-state index contributed by atoms with van der Waals surface area (Å²) in [5, 5.41) is 0. The predicted molar refractivity (Wildman–Crippen MR) is 88.6 cm³/mol. The highest BCUT2D eigenvalue weighted by Crippen LogP contribution is 2.08.